The van der Waals surface area contributed by atoms with Gasteiger partial charge in [-0.1, -0.05) is 19.9 Å². The molecular weight excluding hydrogens is 306 g/mol. The summed E-state index contributed by atoms with van der Waals surface area (Å²) in [7, 11) is 1.60. The average Bonchev–Trinajstić information content (AvgIpc) is 2.56. The maximum atomic E-state index is 11.7. The molecule has 0 saturated carbocycles. The zero-order valence-electron chi connectivity index (χ0n) is 14.4. The first-order chi connectivity index (χ1) is 11.5. The molecule has 0 radical (unpaired) electrons. The quantitative estimate of drug-likeness (QED) is 0.841. The number of nitrogens with zero attached hydrogens (tertiary/aromatic N) is 1. The summed E-state index contributed by atoms with van der Waals surface area (Å²) in [4.78, 5) is 15.9. The van der Waals surface area contributed by atoms with Crippen molar-refractivity contribution in [2.24, 2.45) is 5.92 Å². The van der Waals surface area contributed by atoms with E-state index < -0.39 is 0 Å². The van der Waals surface area contributed by atoms with Crippen LogP contribution in [0.2, 0.25) is 0 Å². The second-order valence-corrected chi connectivity index (χ2v) is 5.87. The van der Waals surface area contributed by atoms with Gasteiger partial charge in [-0.2, -0.15) is 0 Å². The molecule has 1 aromatic heterocycles. The fourth-order valence-corrected chi connectivity index (χ4v) is 1.96. The van der Waals surface area contributed by atoms with Gasteiger partial charge in [-0.25, -0.2) is 9.78 Å². The number of anilines is 1. The number of hydrogen-bond acceptors (Lipinski definition) is 4. The largest absolute Gasteiger partial charge is 0.493 e. The summed E-state index contributed by atoms with van der Waals surface area (Å²) in [6.07, 6.45) is 1.55. The van der Waals surface area contributed by atoms with Crippen molar-refractivity contribution in [3.63, 3.8) is 0 Å². The molecule has 128 valence electrons. The minimum Gasteiger partial charge on any atom is -0.493 e. The van der Waals surface area contributed by atoms with E-state index in [1.54, 1.807) is 25.4 Å². The van der Waals surface area contributed by atoms with Crippen LogP contribution in [0.1, 0.15) is 19.4 Å². The van der Waals surface area contributed by atoms with Gasteiger partial charge in [0.05, 0.1) is 19.0 Å². The van der Waals surface area contributed by atoms with Gasteiger partial charge >= 0.3 is 6.03 Å². The molecule has 0 aliphatic heterocycles. The second-order valence-electron chi connectivity index (χ2n) is 5.87. The Kier molecular flexibility index (Phi) is 6.01. The predicted octanol–water partition coefficient (Wildman–Crippen LogP) is 3.97. The number of rotatable bonds is 6. The standard InChI is InChI=1S/C18H23N3O3/c1-12(2)10-20-18(22)21-14-6-8-17(19-11-14)24-15-7-5-13(3)9-16(15)23-4/h5-9,11-12H,10H2,1-4H3,(H2,20,21,22). The smallest absolute Gasteiger partial charge is 0.319 e. The molecule has 0 aliphatic carbocycles. The van der Waals surface area contributed by atoms with Crippen molar-refractivity contribution in [1.82, 2.24) is 10.3 Å². The number of carbonyl (C=O) groups is 1. The number of carbonyl (C=O) groups excluding carboxylic acids is 1. The Balaban J connectivity index is 1.98. The highest BCUT2D eigenvalue weighted by Crippen LogP contribution is 2.31. The Hall–Kier alpha value is -2.76. The lowest BCUT2D eigenvalue weighted by Gasteiger charge is -2.11. The number of benzene rings is 1. The number of pyridine rings is 1. The summed E-state index contributed by atoms with van der Waals surface area (Å²) < 4.78 is 11.0. The van der Waals surface area contributed by atoms with E-state index in [1.165, 1.54) is 0 Å². The third kappa shape index (κ3) is 5.15. The van der Waals surface area contributed by atoms with Crippen LogP contribution in [0.5, 0.6) is 17.4 Å². The Morgan fingerprint density at radius 3 is 2.62 bits per heavy atom. The Morgan fingerprint density at radius 1 is 1.21 bits per heavy atom. The van der Waals surface area contributed by atoms with Gasteiger partial charge in [0.15, 0.2) is 11.5 Å². The topological polar surface area (TPSA) is 72.5 Å². The third-order valence-electron chi connectivity index (χ3n) is 3.20. The lowest BCUT2D eigenvalue weighted by molar-refractivity contribution is 0.251. The van der Waals surface area contributed by atoms with Crippen molar-refractivity contribution in [3.05, 3.63) is 42.1 Å². The number of ether oxygens (including phenoxy) is 2. The van der Waals surface area contributed by atoms with Crippen LogP contribution in [-0.4, -0.2) is 24.7 Å². The van der Waals surface area contributed by atoms with Gasteiger partial charge in [0.2, 0.25) is 5.88 Å². The molecule has 6 heteroatoms. The van der Waals surface area contributed by atoms with Gasteiger partial charge in [0, 0.05) is 12.6 Å². The van der Waals surface area contributed by atoms with Gasteiger partial charge < -0.3 is 20.1 Å². The molecule has 6 nitrogen and oxygen atoms in total. The molecule has 2 amide bonds. The normalized spacial score (nSPS) is 10.4. The van der Waals surface area contributed by atoms with Crippen molar-refractivity contribution in [2.75, 3.05) is 19.0 Å². The molecule has 0 unspecified atom stereocenters. The number of aromatic nitrogens is 1. The van der Waals surface area contributed by atoms with Crippen molar-refractivity contribution in [1.29, 1.82) is 0 Å². The molecule has 0 spiro atoms. The van der Waals surface area contributed by atoms with Crippen LogP contribution in [0.3, 0.4) is 0 Å². The van der Waals surface area contributed by atoms with Crippen molar-refractivity contribution < 1.29 is 14.3 Å². The Bertz CT molecular complexity index is 684. The van der Waals surface area contributed by atoms with Crippen LogP contribution in [-0.2, 0) is 0 Å². The first kappa shape index (κ1) is 17.6. The molecule has 24 heavy (non-hydrogen) atoms. The lowest BCUT2D eigenvalue weighted by atomic mass is 10.2. The van der Waals surface area contributed by atoms with E-state index >= 15 is 0 Å². The van der Waals surface area contributed by atoms with E-state index in [2.05, 4.69) is 15.6 Å². The Labute approximate surface area is 142 Å². The van der Waals surface area contributed by atoms with Crippen LogP contribution in [0.15, 0.2) is 36.5 Å². The summed E-state index contributed by atoms with van der Waals surface area (Å²) in [5.41, 5.74) is 1.68. The molecular formula is C18H23N3O3. The zero-order valence-corrected chi connectivity index (χ0v) is 14.4. The number of amides is 2. The van der Waals surface area contributed by atoms with Crippen LogP contribution in [0.4, 0.5) is 10.5 Å². The van der Waals surface area contributed by atoms with E-state index in [4.69, 9.17) is 9.47 Å². The van der Waals surface area contributed by atoms with Gasteiger partial charge in [-0.3, -0.25) is 0 Å². The van der Waals surface area contributed by atoms with Crippen LogP contribution in [0, 0.1) is 12.8 Å². The molecule has 2 aromatic rings. The number of nitrogens with one attached hydrogen (secondary N) is 2. The van der Waals surface area contributed by atoms with E-state index in [9.17, 15) is 4.79 Å². The Morgan fingerprint density at radius 2 is 2.00 bits per heavy atom. The summed E-state index contributed by atoms with van der Waals surface area (Å²) in [6.45, 7) is 6.67. The molecule has 1 heterocycles. The first-order valence-corrected chi connectivity index (χ1v) is 7.81. The summed E-state index contributed by atoms with van der Waals surface area (Å²) in [5, 5.41) is 5.51. The highest BCUT2D eigenvalue weighted by Gasteiger charge is 2.08. The van der Waals surface area contributed by atoms with Crippen molar-refractivity contribution in [2.45, 2.75) is 20.8 Å². The van der Waals surface area contributed by atoms with E-state index in [0.29, 0.717) is 35.5 Å². The number of aryl methyl sites for hydroxylation is 1. The summed E-state index contributed by atoms with van der Waals surface area (Å²) >= 11 is 0. The molecule has 0 saturated heterocycles. The second kappa shape index (κ2) is 8.19. The SMILES string of the molecule is COc1cc(C)ccc1Oc1ccc(NC(=O)NCC(C)C)cn1. The maximum absolute atomic E-state index is 11.7. The zero-order chi connectivity index (χ0) is 17.5. The van der Waals surface area contributed by atoms with E-state index in [0.717, 1.165) is 5.56 Å². The van der Waals surface area contributed by atoms with Gasteiger partial charge in [-0.15, -0.1) is 0 Å². The maximum Gasteiger partial charge on any atom is 0.319 e. The third-order valence-corrected chi connectivity index (χ3v) is 3.20. The van der Waals surface area contributed by atoms with E-state index in [-0.39, 0.29) is 6.03 Å². The fourth-order valence-electron chi connectivity index (χ4n) is 1.96. The number of methoxy groups -OCH3 is 1. The number of urea groups is 1. The average molecular weight is 329 g/mol. The highest BCUT2D eigenvalue weighted by molar-refractivity contribution is 5.88. The van der Waals surface area contributed by atoms with Crippen LogP contribution in [0.25, 0.3) is 0 Å². The number of hydrogen-bond donors (Lipinski definition) is 2. The molecule has 2 rings (SSSR count). The molecule has 1 aromatic carbocycles. The summed E-state index contributed by atoms with van der Waals surface area (Å²) in [6, 6.07) is 8.84. The van der Waals surface area contributed by atoms with Gasteiger partial charge in [0.25, 0.3) is 0 Å². The van der Waals surface area contributed by atoms with Crippen molar-refractivity contribution >= 4 is 11.7 Å². The molecule has 0 bridgehead atoms. The minimum atomic E-state index is -0.251. The predicted molar refractivity (Wildman–Crippen MR) is 93.9 cm³/mol. The minimum absolute atomic E-state index is 0.251. The van der Waals surface area contributed by atoms with Crippen molar-refractivity contribution in [3.8, 4) is 17.4 Å². The summed E-state index contributed by atoms with van der Waals surface area (Å²) in [5.74, 6) is 2.05. The first-order valence-electron chi connectivity index (χ1n) is 7.81. The lowest BCUT2D eigenvalue weighted by Crippen LogP contribution is -2.31. The monoisotopic (exact) mass is 329 g/mol. The molecule has 0 fully saturated rings. The van der Waals surface area contributed by atoms with Crippen LogP contribution < -0.4 is 20.1 Å². The molecule has 0 atom stereocenters. The van der Waals surface area contributed by atoms with Gasteiger partial charge in [-0.05, 0) is 36.6 Å². The molecule has 2 N–H and O–H groups in total. The molecule has 0 aliphatic rings. The van der Waals surface area contributed by atoms with Gasteiger partial charge in [0.1, 0.15) is 0 Å². The fraction of sp³-hybridized carbons (Fsp3) is 0.333. The van der Waals surface area contributed by atoms with Crippen LogP contribution >= 0.6 is 0 Å². The van der Waals surface area contributed by atoms with E-state index in [1.807, 2.05) is 39.0 Å². The highest BCUT2D eigenvalue weighted by atomic mass is 16.5.